The molecular weight excluding hydrogens is 324 g/mol. The standard InChI is InChI=1S/C22H24N2O2/c25-22(24-13-7-2-8-14-24)21(17-9-3-1-4-10-17)23-16-19-15-18-11-5-6-12-20(18)26-19/h1,3-6,9-12,15,21,23H,2,7-8,13-14,16H2/t21-/m1/s1. The number of furan rings is 1. The zero-order chi connectivity index (χ0) is 17.8. The molecular formula is C22H24N2O2. The van der Waals surface area contributed by atoms with Crippen LogP contribution in [0.25, 0.3) is 11.0 Å². The van der Waals surface area contributed by atoms with Crippen LogP contribution in [0.1, 0.15) is 36.6 Å². The maximum Gasteiger partial charge on any atom is 0.244 e. The Morgan fingerprint density at radius 3 is 2.50 bits per heavy atom. The molecule has 1 amide bonds. The number of hydrogen-bond donors (Lipinski definition) is 1. The lowest BCUT2D eigenvalue weighted by Crippen LogP contribution is -2.43. The second kappa shape index (κ2) is 7.75. The van der Waals surface area contributed by atoms with Gasteiger partial charge in [0, 0.05) is 18.5 Å². The molecule has 0 saturated carbocycles. The highest BCUT2D eigenvalue weighted by atomic mass is 16.3. The molecule has 26 heavy (non-hydrogen) atoms. The molecule has 2 aromatic carbocycles. The van der Waals surface area contributed by atoms with E-state index in [0.29, 0.717) is 6.54 Å². The fourth-order valence-corrected chi connectivity index (χ4v) is 3.62. The zero-order valence-corrected chi connectivity index (χ0v) is 14.9. The van der Waals surface area contributed by atoms with Crippen LogP contribution in [0.3, 0.4) is 0 Å². The van der Waals surface area contributed by atoms with Crippen LogP contribution in [0.15, 0.2) is 65.1 Å². The van der Waals surface area contributed by atoms with E-state index in [2.05, 4.69) is 5.32 Å². The SMILES string of the molecule is O=C([C@H](NCc1cc2ccccc2o1)c1ccccc1)N1CCCCC1. The fraction of sp³-hybridized carbons (Fsp3) is 0.318. The fourth-order valence-electron chi connectivity index (χ4n) is 3.62. The molecule has 1 aliphatic rings. The largest absolute Gasteiger partial charge is 0.460 e. The maximum absolute atomic E-state index is 13.1. The van der Waals surface area contributed by atoms with Crippen molar-refractivity contribution in [3.8, 4) is 0 Å². The minimum Gasteiger partial charge on any atom is -0.460 e. The van der Waals surface area contributed by atoms with Gasteiger partial charge in [0.25, 0.3) is 0 Å². The van der Waals surface area contributed by atoms with Gasteiger partial charge in [-0.2, -0.15) is 0 Å². The van der Waals surface area contributed by atoms with Crippen molar-refractivity contribution >= 4 is 16.9 Å². The third-order valence-electron chi connectivity index (χ3n) is 5.00. The number of nitrogens with one attached hydrogen (secondary N) is 1. The number of benzene rings is 2. The summed E-state index contributed by atoms with van der Waals surface area (Å²) in [7, 11) is 0. The number of amides is 1. The molecule has 0 radical (unpaired) electrons. The zero-order valence-electron chi connectivity index (χ0n) is 14.9. The number of nitrogens with zero attached hydrogens (tertiary/aromatic N) is 1. The van der Waals surface area contributed by atoms with Gasteiger partial charge in [-0.1, -0.05) is 48.5 Å². The molecule has 1 aliphatic heterocycles. The summed E-state index contributed by atoms with van der Waals surface area (Å²) in [4.78, 5) is 15.1. The molecule has 1 aromatic heterocycles. The third kappa shape index (κ3) is 3.65. The van der Waals surface area contributed by atoms with E-state index in [1.165, 1.54) is 6.42 Å². The quantitative estimate of drug-likeness (QED) is 0.749. The summed E-state index contributed by atoms with van der Waals surface area (Å²) < 4.78 is 5.89. The van der Waals surface area contributed by atoms with Crippen LogP contribution < -0.4 is 5.32 Å². The van der Waals surface area contributed by atoms with E-state index in [-0.39, 0.29) is 11.9 Å². The van der Waals surface area contributed by atoms with E-state index >= 15 is 0 Å². The molecule has 4 nitrogen and oxygen atoms in total. The van der Waals surface area contributed by atoms with E-state index in [1.54, 1.807) is 0 Å². The minimum absolute atomic E-state index is 0.159. The summed E-state index contributed by atoms with van der Waals surface area (Å²) in [5.41, 5.74) is 1.88. The second-order valence-electron chi connectivity index (χ2n) is 6.86. The molecule has 3 aromatic rings. The summed E-state index contributed by atoms with van der Waals surface area (Å²) >= 11 is 0. The van der Waals surface area contributed by atoms with Gasteiger partial charge in [0.1, 0.15) is 17.4 Å². The van der Waals surface area contributed by atoms with Crippen LogP contribution >= 0.6 is 0 Å². The Kier molecular flexibility index (Phi) is 5.02. The highest BCUT2D eigenvalue weighted by Crippen LogP contribution is 2.22. The molecule has 1 atom stereocenters. The number of likely N-dealkylation sites (tertiary alicyclic amines) is 1. The molecule has 134 valence electrons. The Balaban J connectivity index is 1.53. The summed E-state index contributed by atoms with van der Waals surface area (Å²) in [5.74, 6) is 1.01. The van der Waals surface area contributed by atoms with Gasteiger partial charge in [0.05, 0.1) is 6.54 Å². The number of piperidine rings is 1. The molecule has 4 heteroatoms. The first-order chi connectivity index (χ1) is 12.8. The van der Waals surface area contributed by atoms with Gasteiger partial charge in [0.15, 0.2) is 0 Å². The number of hydrogen-bond acceptors (Lipinski definition) is 3. The van der Waals surface area contributed by atoms with E-state index < -0.39 is 0 Å². The molecule has 0 spiro atoms. The van der Waals surface area contributed by atoms with Crippen LogP contribution in [-0.4, -0.2) is 23.9 Å². The Hall–Kier alpha value is -2.59. The molecule has 0 unspecified atom stereocenters. The highest BCUT2D eigenvalue weighted by Gasteiger charge is 2.26. The van der Waals surface area contributed by atoms with Crippen molar-refractivity contribution < 1.29 is 9.21 Å². The Morgan fingerprint density at radius 1 is 1.00 bits per heavy atom. The normalized spacial score (nSPS) is 15.9. The van der Waals surface area contributed by atoms with Crippen molar-refractivity contribution in [1.29, 1.82) is 0 Å². The lowest BCUT2D eigenvalue weighted by Gasteiger charge is -2.31. The van der Waals surface area contributed by atoms with Crippen LogP contribution in [0.4, 0.5) is 0 Å². The summed E-state index contributed by atoms with van der Waals surface area (Å²) in [6.45, 7) is 2.23. The lowest BCUT2D eigenvalue weighted by atomic mass is 10.0. The Morgan fingerprint density at radius 2 is 1.73 bits per heavy atom. The van der Waals surface area contributed by atoms with E-state index in [4.69, 9.17) is 4.42 Å². The number of para-hydroxylation sites is 1. The lowest BCUT2D eigenvalue weighted by molar-refractivity contribution is -0.134. The molecule has 0 aliphatic carbocycles. The van der Waals surface area contributed by atoms with E-state index in [9.17, 15) is 4.79 Å². The summed E-state index contributed by atoms with van der Waals surface area (Å²) in [6.07, 6.45) is 3.40. The average Bonchev–Trinajstić information content (AvgIpc) is 3.12. The molecule has 1 N–H and O–H groups in total. The van der Waals surface area contributed by atoms with Crippen LogP contribution in [0.5, 0.6) is 0 Å². The number of carbonyl (C=O) groups excluding carboxylic acids is 1. The van der Waals surface area contributed by atoms with Crippen molar-refractivity contribution in [2.24, 2.45) is 0 Å². The molecule has 1 saturated heterocycles. The predicted octanol–water partition coefficient (Wildman–Crippen LogP) is 4.28. The van der Waals surface area contributed by atoms with Crippen molar-refractivity contribution in [1.82, 2.24) is 10.2 Å². The van der Waals surface area contributed by atoms with Gasteiger partial charge in [-0.25, -0.2) is 0 Å². The minimum atomic E-state index is -0.345. The number of carbonyl (C=O) groups is 1. The van der Waals surface area contributed by atoms with Gasteiger partial charge < -0.3 is 9.32 Å². The topological polar surface area (TPSA) is 45.5 Å². The number of fused-ring (bicyclic) bond motifs is 1. The van der Waals surface area contributed by atoms with Gasteiger partial charge in [-0.05, 0) is 37.0 Å². The third-order valence-corrected chi connectivity index (χ3v) is 5.00. The predicted molar refractivity (Wildman–Crippen MR) is 103 cm³/mol. The van der Waals surface area contributed by atoms with Crippen LogP contribution in [-0.2, 0) is 11.3 Å². The monoisotopic (exact) mass is 348 g/mol. The van der Waals surface area contributed by atoms with Crippen molar-refractivity contribution in [3.05, 3.63) is 72.0 Å². The van der Waals surface area contributed by atoms with Gasteiger partial charge >= 0.3 is 0 Å². The molecule has 0 bridgehead atoms. The van der Waals surface area contributed by atoms with E-state index in [0.717, 1.165) is 48.2 Å². The molecule has 4 rings (SSSR count). The molecule has 1 fully saturated rings. The van der Waals surface area contributed by atoms with Crippen LogP contribution in [0, 0.1) is 0 Å². The van der Waals surface area contributed by atoms with Gasteiger partial charge in [-0.15, -0.1) is 0 Å². The highest BCUT2D eigenvalue weighted by molar-refractivity contribution is 5.83. The Labute approximate surface area is 153 Å². The Bertz CT molecular complexity index is 833. The summed E-state index contributed by atoms with van der Waals surface area (Å²) in [6, 6.07) is 19.6. The average molecular weight is 348 g/mol. The van der Waals surface area contributed by atoms with Crippen molar-refractivity contribution in [3.63, 3.8) is 0 Å². The van der Waals surface area contributed by atoms with Crippen LogP contribution in [0.2, 0.25) is 0 Å². The first-order valence-corrected chi connectivity index (χ1v) is 9.36. The van der Waals surface area contributed by atoms with Gasteiger partial charge in [-0.3, -0.25) is 10.1 Å². The maximum atomic E-state index is 13.1. The van der Waals surface area contributed by atoms with Crippen molar-refractivity contribution in [2.75, 3.05) is 13.1 Å². The second-order valence-corrected chi connectivity index (χ2v) is 6.86. The summed E-state index contributed by atoms with van der Waals surface area (Å²) in [5, 5.41) is 4.51. The van der Waals surface area contributed by atoms with Gasteiger partial charge in [0.2, 0.25) is 5.91 Å². The first-order valence-electron chi connectivity index (χ1n) is 9.36. The smallest absolute Gasteiger partial charge is 0.244 e. The van der Waals surface area contributed by atoms with Crippen molar-refractivity contribution in [2.45, 2.75) is 31.8 Å². The molecule has 2 heterocycles. The number of rotatable bonds is 5. The first kappa shape index (κ1) is 16.9. The van der Waals surface area contributed by atoms with E-state index in [1.807, 2.05) is 65.6 Å².